The lowest BCUT2D eigenvalue weighted by molar-refractivity contribution is -0.123. The van der Waals surface area contributed by atoms with Gasteiger partial charge in [0.1, 0.15) is 17.1 Å². The number of nitrogens with one attached hydrogen (secondary N) is 1. The number of pyridine rings is 1. The highest BCUT2D eigenvalue weighted by Crippen LogP contribution is 2.32. The molecule has 4 aromatic rings. The minimum Gasteiger partial charge on any atom is -0.493 e. The second kappa shape index (κ2) is 9.86. The molecule has 0 aliphatic heterocycles. The van der Waals surface area contributed by atoms with Crippen molar-refractivity contribution in [3.63, 3.8) is 0 Å². The van der Waals surface area contributed by atoms with Crippen molar-refractivity contribution < 1.29 is 23.4 Å². The van der Waals surface area contributed by atoms with Crippen molar-refractivity contribution in [2.75, 3.05) is 13.7 Å². The summed E-state index contributed by atoms with van der Waals surface area (Å²) in [4.78, 5) is 29.1. The standard InChI is InChI=1S/C25H22N2O6/c1-16-25(33-21-8-4-3-7-20(21)30-2)24(29)19-10-9-18(12-22(19)32-16)31-15-23(28)27-14-17-6-5-11-26-13-17/h3-13H,14-15H2,1-2H3,(H,27,28). The Morgan fingerprint density at radius 1 is 1.09 bits per heavy atom. The molecule has 4 rings (SSSR count). The first-order chi connectivity index (χ1) is 16.0. The summed E-state index contributed by atoms with van der Waals surface area (Å²) >= 11 is 0. The van der Waals surface area contributed by atoms with Crippen LogP contribution in [0.5, 0.6) is 23.0 Å². The number of ether oxygens (including phenoxy) is 3. The van der Waals surface area contributed by atoms with E-state index in [2.05, 4.69) is 10.3 Å². The molecule has 2 aromatic heterocycles. The van der Waals surface area contributed by atoms with Crippen LogP contribution >= 0.6 is 0 Å². The summed E-state index contributed by atoms with van der Waals surface area (Å²) in [6.45, 7) is 1.83. The van der Waals surface area contributed by atoms with Gasteiger partial charge < -0.3 is 23.9 Å². The average Bonchev–Trinajstić information content (AvgIpc) is 2.84. The van der Waals surface area contributed by atoms with E-state index in [1.165, 1.54) is 7.11 Å². The number of nitrogens with zero attached hydrogens (tertiary/aromatic N) is 1. The van der Waals surface area contributed by atoms with Crippen molar-refractivity contribution in [1.29, 1.82) is 0 Å². The van der Waals surface area contributed by atoms with Crippen molar-refractivity contribution >= 4 is 16.9 Å². The normalized spacial score (nSPS) is 10.6. The van der Waals surface area contributed by atoms with Gasteiger partial charge in [-0.3, -0.25) is 14.6 Å². The number of aromatic nitrogens is 1. The highest BCUT2D eigenvalue weighted by molar-refractivity contribution is 5.80. The third-order valence-electron chi connectivity index (χ3n) is 4.85. The molecule has 33 heavy (non-hydrogen) atoms. The van der Waals surface area contributed by atoms with Crippen molar-refractivity contribution in [2.24, 2.45) is 0 Å². The number of hydrogen-bond donors (Lipinski definition) is 1. The largest absolute Gasteiger partial charge is 0.493 e. The van der Waals surface area contributed by atoms with Gasteiger partial charge in [-0.25, -0.2) is 0 Å². The predicted molar refractivity (Wildman–Crippen MR) is 122 cm³/mol. The number of fused-ring (bicyclic) bond motifs is 1. The van der Waals surface area contributed by atoms with Gasteiger partial charge in [-0.15, -0.1) is 0 Å². The molecule has 0 saturated heterocycles. The molecule has 8 heteroatoms. The zero-order valence-corrected chi connectivity index (χ0v) is 18.2. The summed E-state index contributed by atoms with van der Waals surface area (Å²) < 4.78 is 22.5. The molecule has 0 aliphatic carbocycles. The van der Waals surface area contributed by atoms with Gasteiger partial charge in [0.25, 0.3) is 5.91 Å². The van der Waals surface area contributed by atoms with Gasteiger partial charge in [-0.2, -0.15) is 0 Å². The van der Waals surface area contributed by atoms with Crippen LogP contribution in [0.15, 0.2) is 76.2 Å². The number of hydrogen-bond acceptors (Lipinski definition) is 7. The van der Waals surface area contributed by atoms with Gasteiger partial charge >= 0.3 is 0 Å². The predicted octanol–water partition coefficient (Wildman–Crippen LogP) is 3.99. The van der Waals surface area contributed by atoms with Gasteiger partial charge in [0.15, 0.2) is 18.1 Å². The highest BCUT2D eigenvalue weighted by atomic mass is 16.5. The number of para-hydroxylation sites is 2. The van der Waals surface area contributed by atoms with E-state index in [1.54, 1.807) is 61.8 Å². The lowest BCUT2D eigenvalue weighted by Gasteiger charge is -2.12. The summed E-state index contributed by atoms with van der Waals surface area (Å²) in [5.74, 6) is 1.42. The molecule has 1 amide bonds. The lowest BCUT2D eigenvalue weighted by atomic mass is 10.2. The van der Waals surface area contributed by atoms with Crippen LogP contribution in [-0.4, -0.2) is 24.6 Å². The Morgan fingerprint density at radius 2 is 1.91 bits per heavy atom. The maximum absolute atomic E-state index is 13.0. The van der Waals surface area contributed by atoms with Gasteiger partial charge in [-0.05, 0) is 42.8 Å². The Balaban J connectivity index is 1.47. The second-order valence-corrected chi connectivity index (χ2v) is 7.15. The monoisotopic (exact) mass is 446 g/mol. The number of amides is 1. The van der Waals surface area contributed by atoms with Crippen molar-refractivity contribution in [1.82, 2.24) is 10.3 Å². The van der Waals surface area contributed by atoms with Crippen molar-refractivity contribution in [2.45, 2.75) is 13.5 Å². The maximum Gasteiger partial charge on any atom is 0.258 e. The van der Waals surface area contributed by atoms with Crippen molar-refractivity contribution in [3.8, 4) is 23.0 Å². The van der Waals surface area contributed by atoms with E-state index >= 15 is 0 Å². The van der Waals surface area contributed by atoms with E-state index in [-0.39, 0.29) is 23.7 Å². The molecule has 0 atom stereocenters. The lowest BCUT2D eigenvalue weighted by Crippen LogP contribution is -2.28. The molecule has 0 aliphatic rings. The smallest absolute Gasteiger partial charge is 0.258 e. The van der Waals surface area contributed by atoms with Crippen LogP contribution < -0.4 is 25.0 Å². The molecule has 0 saturated carbocycles. The van der Waals surface area contributed by atoms with Crippen LogP contribution in [0, 0.1) is 6.92 Å². The Morgan fingerprint density at radius 3 is 2.67 bits per heavy atom. The molecule has 8 nitrogen and oxygen atoms in total. The maximum atomic E-state index is 13.0. The highest BCUT2D eigenvalue weighted by Gasteiger charge is 2.16. The number of aryl methyl sites for hydroxylation is 1. The fourth-order valence-electron chi connectivity index (χ4n) is 3.19. The van der Waals surface area contributed by atoms with Crippen LogP contribution in [0.1, 0.15) is 11.3 Å². The summed E-state index contributed by atoms with van der Waals surface area (Å²) in [6, 6.07) is 15.5. The Kier molecular flexibility index (Phi) is 6.54. The van der Waals surface area contributed by atoms with Gasteiger partial charge in [-0.1, -0.05) is 18.2 Å². The molecule has 0 radical (unpaired) electrons. The molecule has 0 bridgehead atoms. The zero-order chi connectivity index (χ0) is 23.2. The molecule has 2 heterocycles. The first-order valence-corrected chi connectivity index (χ1v) is 10.2. The van der Waals surface area contributed by atoms with E-state index < -0.39 is 0 Å². The van der Waals surface area contributed by atoms with Crippen LogP contribution in [0.25, 0.3) is 11.0 Å². The Hall–Kier alpha value is -4.33. The van der Waals surface area contributed by atoms with E-state index in [1.807, 2.05) is 12.1 Å². The number of carbonyl (C=O) groups is 1. The molecular formula is C25H22N2O6. The molecule has 1 N–H and O–H groups in total. The SMILES string of the molecule is COc1ccccc1Oc1c(C)oc2cc(OCC(=O)NCc3cccnc3)ccc2c1=O. The van der Waals surface area contributed by atoms with Crippen molar-refractivity contribution in [3.05, 3.63) is 88.5 Å². The minimum absolute atomic E-state index is 0.0791. The molecule has 0 fully saturated rings. The fraction of sp³-hybridized carbons (Fsp3) is 0.160. The van der Waals surface area contributed by atoms with E-state index in [0.29, 0.717) is 40.5 Å². The number of methoxy groups -OCH3 is 1. The van der Waals surface area contributed by atoms with Crippen LogP contribution in [-0.2, 0) is 11.3 Å². The summed E-state index contributed by atoms with van der Waals surface area (Å²) in [7, 11) is 1.53. The summed E-state index contributed by atoms with van der Waals surface area (Å²) in [6.07, 6.45) is 3.35. The molecular weight excluding hydrogens is 424 g/mol. The summed E-state index contributed by atoms with van der Waals surface area (Å²) in [5.41, 5.74) is 0.901. The Bertz CT molecular complexity index is 1330. The van der Waals surface area contributed by atoms with Crippen LogP contribution in [0.4, 0.5) is 0 Å². The third-order valence-corrected chi connectivity index (χ3v) is 4.85. The molecule has 0 spiro atoms. The second-order valence-electron chi connectivity index (χ2n) is 7.15. The number of benzene rings is 2. The van der Waals surface area contributed by atoms with E-state index in [9.17, 15) is 9.59 Å². The number of carbonyl (C=O) groups excluding carboxylic acids is 1. The number of rotatable bonds is 8. The average molecular weight is 446 g/mol. The van der Waals surface area contributed by atoms with Gasteiger partial charge in [0, 0.05) is 25.0 Å². The first-order valence-electron chi connectivity index (χ1n) is 10.2. The van der Waals surface area contributed by atoms with Crippen LogP contribution in [0.3, 0.4) is 0 Å². The van der Waals surface area contributed by atoms with E-state index in [0.717, 1.165) is 5.56 Å². The Labute approximate surface area is 189 Å². The molecule has 2 aromatic carbocycles. The quantitative estimate of drug-likeness (QED) is 0.437. The van der Waals surface area contributed by atoms with Gasteiger partial charge in [0.2, 0.25) is 11.2 Å². The van der Waals surface area contributed by atoms with E-state index in [4.69, 9.17) is 18.6 Å². The van der Waals surface area contributed by atoms with Gasteiger partial charge in [0.05, 0.1) is 12.5 Å². The fourth-order valence-corrected chi connectivity index (χ4v) is 3.19. The topological polar surface area (TPSA) is 99.9 Å². The zero-order valence-electron chi connectivity index (χ0n) is 18.2. The molecule has 168 valence electrons. The summed E-state index contributed by atoms with van der Waals surface area (Å²) in [5, 5.41) is 3.09. The van der Waals surface area contributed by atoms with Crippen LogP contribution in [0.2, 0.25) is 0 Å². The molecule has 0 unspecified atom stereocenters. The minimum atomic E-state index is -0.319. The third kappa shape index (κ3) is 5.12. The first kappa shape index (κ1) is 21.9.